The van der Waals surface area contributed by atoms with E-state index in [2.05, 4.69) is 98.2 Å². The summed E-state index contributed by atoms with van der Waals surface area (Å²) in [6, 6.07) is 11.9. The number of nitrogens with zero attached hydrogens (tertiary/aromatic N) is 7. The number of nitrogens with one attached hydrogen (secondary N) is 1. The fraction of sp³-hybridized carbons (Fsp3) is 0.585. The van der Waals surface area contributed by atoms with Crippen LogP contribution in [0.4, 0.5) is 4.79 Å². The number of hydrogen-bond acceptors (Lipinski definition) is 9. The summed E-state index contributed by atoms with van der Waals surface area (Å²) in [5.74, 6) is 2.22. The molecule has 5 amide bonds. The first-order valence-electron chi connectivity index (χ1n) is 30.5. The summed E-state index contributed by atoms with van der Waals surface area (Å²) in [4.78, 5) is 84.0. The Kier molecular flexibility index (Phi) is 22.4. The van der Waals surface area contributed by atoms with Crippen LogP contribution in [0.1, 0.15) is 155 Å². The quantitative estimate of drug-likeness (QED) is 0.164. The van der Waals surface area contributed by atoms with Gasteiger partial charge >= 0.3 is 6.09 Å². The highest BCUT2D eigenvalue weighted by molar-refractivity contribution is 9.11. The van der Waals surface area contributed by atoms with E-state index in [1.54, 1.807) is 14.0 Å². The van der Waals surface area contributed by atoms with Crippen LogP contribution in [0, 0.1) is 23.7 Å². The normalized spacial score (nSPS) is 20.5. The summed E-state index contributed by atoms with van der Waals surface area (Å²) in [6.45, 7) is 14.8. The molecular formula is C65H82Br4Cl2N8O6. The van der Waals surface area contributed by atoms with E-state index in [-0.39, 0.29) is 47.4 Å². The average Bonchev–Trinajstić information content (AvgIpc) is 3.99. The van der Waals surface area contributed by atoms with E-state index >= 15 is 0 Å². The van der Waals surface area contributed by atoms with E-state index < -0.39 is 17.7 Å². The Morgan fingerprint density at radius 2 is 0.965 bits per heavy atom. The Morgan fingerprint density at radius 3 is 1.35 bits per heavy atom. The molecule has 6 heterocycles. The molecule has 4 aromatic rings. The lowest BCUT2D eigenvalue weighted by Crippen LogP contribution is -2.51. The van der Waals surface area contributed by atoms with Gasteiger partial charge in [-0.3, -0.25) is 34.0 Å². The first kappa shape index (κ1) is 65.8. The molecule has 10 rings (SSSR count). The first-order chi connectivity index (χ1) is 40.5. The van der Waals surface area contributed by atoms with Gasteiger partial charge in [-0.15, -0.1) is 0 Å². The minimum atomic E-state index is -0.624. The van der Waals surface area contributed by atoms with Gasteiger partial charge in [0.2, 0.25) is 23.6 Å². The van der Waals surface area contributed by atoms with Crippen molar-refractivity contribution in [2.24, 2.45) is 23.7 Å². The maximum Gasteiger partial charge on any atom is 0.410 e. The van der Waals surface area contributed by atoms with Crippen molar-refractivity contribution < 1.29 is 28.7 Å². The highest BCUT2D eigenvalue weighted by Gasteiger charge is 2.40. The Balaban J connectivity index is 0.000000206. The van der Waals surface area contributed by atoms with E-state index in [0.717, 1.165) is 150 Å². The highest BCUT2D eigenvalue weighted by Crippen LogP contribution is 2.48. The third-order valence-electron chi connectivity index (χ3n) is 18.8. The number of carbonyl (C=O) groups excluding carboxylic acids is 5. The Labute approximate surface area is 546 Å². The van der Waals surface area contributed by atoms with Gasteiger partial charge in [-0.1, -0.05) is 55.1 Å². The van der Waals surface area contributed by atoms with Gasteiger partial charge in [-0.25, -0.2) is 4.79 Å². The monoisotopic (exact) mass is 1460 g/mol. The molecule has 4 fully saturated rings. The third kappa shape index (κ3) is 16.0. The number of halogens is 6. The Morgan fingerprint density at radius 1 is 0.588 bits per heavy atom. The number of benzene rings is 2. The SMILES string of the molecule is CC(C(=O)N1CCC(CC(=O)N2CCC([C@H]3c4ncc(Br)cc4CCc4cc(Cl)cc(Br)c43)CC2)CC1)N(C)C(=O)OC(C)(C)C.CNC(C)C(=O)N1CCC(CC(=O)N2CCC([C@H]3c4ncc(Br)cc4CCc4cc(Cl)cc(Br)c43)CC2)CC1. The van der Waals surface area contributed by atoms with Crippen molar-refractivity contribution in [2.45, 2.75) is 154 Å². The number of carbonyl (C=O) groups is 5. The van der Waals surface area contributed by atoms with Gasteiger partial charge in [-0.2, -0.15) is 0 Å². The smallest absolute Gasteiger partial charge is 0.410 e. The molecule has 85 heavy (non-hydrogen) atoms. The zero-order chi connectivity index (χ0) is 61.0. The zero-order valence-electron chi connectivity index (χ0n) is 50.1. The Hall–Kier alpha value is -3.65. The van der Waals surface area contributed by atoms with E-state index in [9.17, 15) is 24.0 Å². The van der Waals surface area contributed by atoms with E-state index in [1.807, 2.05) is 74.0 Å². The van der Waals surface area contributed by atoms with Crippen molar-refractivity contribution in [1.82, 2.24) is 39.8 Å². The molecule has 0 radical (unpaired) electrons. The van der Waals surface area contributed by atoms with Crippen LogP contribution < -0.4 is 5.32 Å². The van der Waals surface area contributed by atoms with Crippen molar-refractivity contribution in [3.05, 3.63) is 121 Å². The summed E-state index contributed by atoms with van der Waals surface area (Å²) in [5.41, 5.74) is 9.41. The predicted molar refractivity (Wildman–Crippen MR) is 349 cm³/mol. The van der Waals surface area contributed by atoms with Crippen molar-refractivity contribution in [2.75, 3.05) is 66.5 Å². The standard InChI is InChI=1S/C35H45Br2ClN4O4.C30H37Br2ClN4O2/c1-21(40(5)34(45)46-35(2,3)4)33(44)42-12-8-22(9-13-42)16-29(43)41-14-10-23(11-15-41)31-30-24(18-27(38)19-28(30)37)6-7-25-17-26(36)20-39-32(25)31;1-18(34-2)30(39)37-9-5-19(6-10-37)13-26(38)36-11-7-20(8-12-36)28-27-21(15-24(33)16-25(27)32)3-4-22-14-23(31)17-35-29(22)28/h17-23,31H,6-16H2,1-5H3;14-20,28,34H,3-13H2,1-2H3/t21?,31-;18?,28-/m11/s1. The number of amides is 5. The molecule has 20 heteroatoms. The number of piperidine rings is 4. The number of hydrogen-bond donors (Lipinski definition) is 1. The number of rotatable bonds is 10. The fourth-order valence-electron chi connectivity index (χ4n) is 13.8. The lowest BCUT2D eigenvalue weighted by molar-refractivity contribution is -0.138. The summed E-state index contributed by atoms with van der Waals surface area (Å²) in [7, 11) is 3.41. The lowest BCUT2D eigenvalue weighted by atomic mass is 9.76. The van der Waals surface area contributed by atoms with Crippen molar-refractivity contribution in [1.29, 1.82) is 0 Å². The molecule has 0 bridgehead atoms. The average molecular weight is 1460 g/mol. The van der Waals surface area contributed by atoms with Crippen LogP contribution in [-0.2, 0) is 49.6 Å². The number of likely N-dealkylation sites (tertiary alicyclic amines) is 4. The van der Waals surface area contributed by atoms with Crippen LogP contribution in [0.15, 0.2) is 66.7 Å². The maximum absolute atomic E-state index is 13.5. The molecular weight excluding hydrogens is 1380 g/mol. The summed E-state index contributed by atoms with van der Waals surface area (Å²) < 4.78 is 9.52. The van der Waals surface area contributed by atoms with Crippen molar-refractivity contribution in [3.8, 4) is 0 Å². The third-order valence-corrected chi connectivity index (χ3v) is 21.4. The van der Waals surface area contributed by atoms with Crippen molar-refractivity contribution in [3.63, 3.8) is 0 Å². The van der Waals surface area contributed by atoms with E-state index in [1.165, 1.54) is 44.0 Å². The minimum Gasteiger partial charge on any atom is -0.444 e. The number of aryl methyl sites for hydroxylation is 4. The van der Waals surface area contributed by atoms with E-state index in [0.29, 0.717) is 43.7 Å². The number of pyridine rings is 2. The molecule has 14 nitrogen and oxygen atoms in total. The first-order valence-corrected chi connectivity index (χ1v) is 34.4. The second kappa shape index (κ2) is 28.9. The highest BCUT2D eigenvalue weighted by atomic mass is 79.9. The second-order valence-corrected chi connectivity index (χ2v) is 29.8. The molecule has 460 valence electrons. The number of aromatic nitrogens is 2. The van der Waals surface area contributed by atoms with Gasteiger partial charge < -0.3 is 29.7 Å². The molecule has 0 saturated carbocycles. The van der Waals surface area contributed by atoms with Gasteiger partial charge in [0.05, 0.1) is 17.4 Å². The van der Waals surface area contributed by atoms with Crippen LogP contribution in [0.5, 0.6) is 0 Å². The van der Waals surface area contributed by atoms with Crippen LogP contribution in [0.3, 0.4) is 0 Å². The molecule has 2 aromatic heterocycles. The van der Waals surface area contributed by atoms with Crippen molar-refractivity contribution >= 4 is 117 Å². The Bertz CT molecular complexity index is 3100. The van der Waals surface area contributed by atoms with Crippen LogP contribution in [0.25, 0.3) is 0 Å². The summed E-state index contributed by atoms with van der Waals surface area (Å²) >= 11 is 27.9. The topological polar surface area (TPSA) is 149 Å². The fourth-order valence-corrected chi connectivity index (χ4v) is 16.8. The van der Waals surface area contributed by atoms with Gasteiger partial charge in [-0.05, 0) is 244 Å². The largest absolute Gasteiger partial charge is 0.444 e. The summed E-state index contributed by atoms with van der Waals surface area (Å²) in [6.07, 6.45) is 15.2. The zero-order valence-corrected chi connectivity index (χ0v) is 58.0. The van der Waals surface area contributed by atoms with Gasteiger partial charge in [0.25, 0.3) is 0 Å². The maximum atomic E-state index is 13.5. The number of fused-ring (bicyclic) bond motifs is 4. The van der Waals surface area contributed by atoms with Gasteiger partial charge in [0.1, 0.15) is 11.6 Å². The molecule has 1 N–H and O–H groups in total. The number of ether oxygens (including phenoxy) is 1. The minimum absolute atomic E-state index is 0.0855. The summed E-state index contributed by atoms with van der Waals surface area (Å²) in [5, 5.41) is 4.53. The van der Waals surface area contributed by atoms with E-state index in [4.69, 9.17) is 37.9 Å². The molecule has 2 aliphatic carbocycles. The molecule has 2 unspecified atom stereocenters. The van der Waals surface area contributed by atoms with Crippen LogP contribution >= 0.6 is 86.9 Å². The molecule has 4 saturated heterocycles. The van der Waals surface area contributed by atoms with Gasteiger partial charge in [0.15, 0.2) is 0 Å². The molecule has 6 aliphatic rings. The van der Waals surface area contributed by atoms with Crippen LogP contribution in [0.2, 0.25) is 10.0 Å². The molecule has 2 aromatic carbocycles. The van der Waals surface area contributed by atoms with Crippen LogP contribution in [-0.4, -0.2) is 148 Å². The predicted octanol–water partition coefficient (Wildman–Crippen LogP) is 13.6. The lowest BCUT2D eigenvalue weighted by Gasteiger charge is -2.38. The molecule has 4 atom stereocenters. The number of likely N-dealkylation sites (N-methyl/N-ethyl adjacent to an activating group) is 2. The molecule has 0 spiro atoms. The second-order valence-electron chi connectivity index (χ2n) is 25.4. The molecule has 4 aliphatic heterocycles. The van der Waals surface area contributed by atoms with Gasteiger partial charge in [0, 0.05) is 124 Å².